The molecule has 0 amide bonds. The van der Waals surface area contributed by atoms with Crippen molar-refractivity contribution in [3.63, 3.8) is 0 Å². The molecular weight excluding hydrogens is 294 g/mol. The van der Waals surface area contributed by atoms with Crippen molar-refractivity contribution in [2.24, 2.45) is 0 Å². The lowest BCUT2D eigenvalue weighted by Crippen LogP contribution is -2.06. The highest BCUT2D eigenvalue weighted by Crippen LogP contribution is 2.24. The number of hydrogen-bond acceptors (Lipinski definition) is 5. The first-order valence-corrected chi connectivity index (χ1v) is 7.17. The molecule has 2 heterocycles. The second-order valence-electron chi connectivity index (χ2n) is 4.78. The summed E-state index contributed by atoms with van der Waals surface area (Å²) in [5, 5.41) is 13.7. The summed E-state index contributed by atoms with van der Waals surface area (Å²) in [7, 11) is 0. The van der Waals surface area contributed by atoms with Gasteiger partial charge in [0.15, 0.2) is 5.69 Å². The Hall–Kier alpha value is -3.15. The number of ether oxygens (including phenoxy) is 1. The maximum atomic E-state index is 12.0. The van der Waals surface area contributed by atoms with E-state index in [4.69, 9.17) is 4.74 Å². The molecule has 23 heavy (non-hydrogen) atoms. The van der Waals surface area contributed by atoms with E-state index in [1.165, 1.54) is 12.3 Å². The SMILES string of the molecule is CCOC(=O)c1cc(-c2ccc(O)cn2)n(-c2ccccc2)n1. The van der Waals surface area contributed by atoms with Gasteiger partial charge in [-0.25, -0.2) is 9.48 Å². The summed E-state index contributed by atoms with van der Waals surface area (Å²) in [6.45, 7) is 2.03. The molecule has 0 unspecified atom stereocenters. The number of para-hydroxylation sites is 1. The molecule has 3 rings (SSSR count). The number of nitrogens with zero attached hydrogens (tertiary/aromatic N) is 3. The van der Waals surface area contributed by atoms with Gasteiger partial charge >= 0.3 is 5.97 Å². The maximum Gasteiger partial charge on any atom is 0.358 e. The quantitative estimate of drug-likeness (QED) is 0.750. The minimum atomic E-state index is -0.484. The molecule has 0 spiro atoms. The molecule has 116 valence electrons. The third-order valence-corrected chi connectivity index (χ3v) is 3.20. The van der Waals surface area contributed by atoms with Crippen LogP contribution in [-0.2, 0) is 4.74 Å². The van der Waals surface area contributed by atoms with Crippen LogP contribution in [0.4, 0.5) is 0 Å². The molecule has 6 heteroatoms. The van der Waals surface area contributed by atoms with Crippen LogP contribution in [0.3, 0.4) is 0 Å². The number of rotatable bonds is 4. The summed E-state index contributed by atoms with van der Waals surface area (Å²) in [4.78, 5) is 16.2. The Kier molecular flexibility index (Phi) is 4.05. The minimum Gasteiger partial charge on any atom is -0.506 e. The fourth-order valence-electron chi connectivity index (χ4n) is 2.17. The van der Waals surface area contributed by atoms with Crippen molar-refractivity contribution < 1.29 is 14.6 Å². The number of carbonyl (C=O) groups excluding carboxylic acids is 1. The second-order valence-corrected chi connectivity index (χ2v) is 4.78. The van der Waals surface area contributed by atoms with Crippen molar-refractivity contribution in [2.75, 3.05) is 6.61 Å². The molecule has 0 bridgehead atoms. The molecule has 1 aromatic carbocycles. The van der Waals surface area contributed by atoms with Gasteiger partial charge in [-0.15, -0.1) is 0 Å². The Bertz CT molecular complexity index is 811. The van der Waals surface area contributed by atoms with Crippen LogP contribution in [0.5, 0.6) is 5.75 Å². The summed E-state index contributed by atoms with van der Waals surface area (Å²) in [6, 6.07) is 14.3. The monoisotopic (exact) mass is 309 g/mol. The summed E-state index contributed by atoms with van der Waals surface area (Å²) in [5.74, 6) is -0.410. The zero-order valence-corrected chi connectivity index (χ0v) is 12.5. The van der Waals surface area contributed by atoms with E-state index < -0.39 is 5.97 Å². The van der Waals surface area contributed by atoms with Gasteiger partial charge in [-0.05, 0) is 31.2 Å². The number of esters is 1. The van der Waals surface area contributed by atoms with Crippen molar-refractivity contribution in [1.29, 1.82) is 0 Å². The van der Waals surface area contributed by atoms with E-state index in [-0.39, 0.29) is 18.1 Å². The van der Waals surface area contributed by atoms with Gasteiger partial charge in [0.1, 0.15) is 5.75 Å². The van der Waals surface area contributed by atoms with Crippen molar-refractivity contribution in [3.8, 4) is 22.8 Å². The molecule has 1 N–H and O–H groups in total. The Labute approximate surface area is 133 Å². The lowest BCUT2D eigenvalue weighted by molar-refractivity contribution is 0.0519. The number of aromatic nitrogens is 3. The first kappa shape index (κ1) is 14.8. The largest absolute Gasteiger partial charge is 0.506 e. The van der Waals surface area contributed by atoms with Gasteiger partial charge in [0.2, 0.25) is 0 Å². The lowest BCUT2D eigenvalue weighted by atomic mass is 10.2. The van der Waals surface area contributed by atoms with Crippen LogP contribution in [0.2, 0.25) is 0 Å². The smallest absolute Gasteiger partial charge is 0.358 e. The fraction of sp³-hybridized carbons (Fsp3) is 0.118. The van der Waals surface area contributed by atoms with Gasteiger partial charge in [-0.2, -0.15) is 5.10 Å². The normalized spacial score (nSPS) is 10.5. The molecule has 0 aliphatic rings. The van der Waals surface area contributed by atoms with Crippen molar-refractivity contribution >= 4 is 5.97 Å². The highest BCUT2D eigenvalue weighted by atomic mass is 16.5. The van der Waals surface area contributed by atoms with E-state index in [1.54, 1.807) is 23.7 Å². The molecule has 3 aromatic rings. The van der Waals surface area contributed by atoms with Crippen LogP contribution in [0.1, 0.15) is 17.4 Å². The van der Waals surface area contributed by atoms with Gasteiger partial charge in [0, 0.05) is 6.07 Å². The van der Waals surface area contributed by atoms with Crippen LogP contribution >= 0.6 is 0 Å². The van der Waals surface area contributed by atoms with Gasteiger partial charge in [-0.3, -0.25) is 4.98 Å². The van der Waals surface area contributed by atoms with E-state index in [9.17, 15) is 9.90 Å². The highest BCUT2D eigenvalue weighted by molar-refractivity contribution is 5.88. The topological polar surface area (TPSA) is 77.2 Å². The summed E-state index contributed by atoms with van der Waals surface area (Å²) >= 11 is 0. The summed E-state index contributed by atoms with van der Waals surface area (Å²) in [5.41, 5.74) is 2.24. The molecule has 6 nitrogen and oxygen atoms in total. The number of pyridine rings is 1. The second kappa shape index (κ2) is 6.31. The first-order valence-electron chi connectivity index (χ1n) is 7.17. The van der Waals surface area contributed by atoms with Gasteiger partial charge < -0.3 is 9.84 Å². The van der Waals surface area contributed by atoms with Crippen molar-refractivity contribution in [3.05, 3.63) is 60.4 Å². The van der Waals surface area contributed by atoms with Crippen LogP contribution < -0.4 is 0 Å². The van der Waals surface area contributed by atoms with E-state index in [2.05, 4.69) is 10.1 Å². The van der Waals surface area contributed by atoms with Crippen LogP contribution in [-0.4, -0.2) is 32.4 Å². The molecule has 2 aromatic heterocycles. The standard InChI is InChI=1S/C17H15N3O3/c1-2-23-17(22)15-10-16(14-9-8-13(21)11-18-14)20(19-15)12-6-4-3-5-7-12/h3-11,21H,2H2,1H3. The van der Waals surface area contributed by atoms with Crippen LogP contribution in [0, 0.1) is 0 Å². The predicted octanol–water partition coefficient (Wildman–Crippen LogP) is 2.82. The Morgan fingerprint density at radius 1 is 1.22 bits per heavy atom. The molecule has 0 aliphatic heterocycles. The molecular formula is C17H15N3O3. The highest BCUT2D eigenvalue weighted by Gasteiger charge is 2.18. The number of hydrogen-bond donors (Lipinski definition) is 1. The van der Waals surface area contributed by atoms with E-state index >= 15 is 0 Å². The zero-order chi connectivity index (χ0) is 16.2. The Morgan fingerprint density at radius 2 is 2.00 bits per heavy atom. The average molecular weight is 309 g/mol. The summed E-state index contributed by atoms with van der Waals surface area (Å²) in [6.07, 6.45) is 1.35. The zero-order valence-electron chi connectivity index (χ0n) is 12.5. The third-order valence-electron chi connectivity index (χ3n) is 3.20. The average Bonchev–Trinajstić information content (AvgIpc) is 3.02. The number of aromatic hydroxyl groups is 1. The first-order chi connectivity index (χ1) is 11.2. The minimum absolute atomic E-state index is 0.0742. The van der Waals surface area contributed by atoms with Crippen molar-refractivity contribution in [1.82, 2.24) is 14.8 Å². The molecule has 0 radical (unpaired) electrons. The number of carbonyl (C=O) groups is 1. The van der Waals surface area contributed by atoms with Gasteiger partial charge in [-0.1, -0.05) is 18.2 Å². The van der Waals surface area contributed by atoms with E-state index in [0.29, 0.717) is 11.4 Å². The van der Waals surface area contributed by atoms with Gasteiger partial charge in [0.25, 0.3) is 0 Å². The van der Waals surface area contributed by atoms with E-state index in [1.807, 2.05) is 30.3 Å². The van der Waals surface area contributed by atoms with Crippen LogP contribution in [0.25, 0.3) is 17.1 Å². The molecule has 0 saturated carbocycles. The summed E-state index contributed by atoms with van der Waals surface area (Å²) < 4.78 is 6.64. The number of benzene rings is 1. The maximum absolute atomic E-state index is 12.0. The predicted molar refractivity (Wildman–Crippen MR) is 84.4 cm³/mol. The van der Waals surface area contributed by atoms with E-state index in [0.717, 1.165) is 5.69 Å². The third kappa shape index (κ3) is 3.06. The Balaban J connectivity index is 2.12. The molecule has 0 fully saturated rings. The van der Waals surface area contributed by atoms with Crippen molar-refractivity contribution in [2.45, 2.75) is 6.92 Å². The van der Waals surface area contributed by atoms with Crippen LogP contribution in [0.15, 0.2) is 54.7 Å². The molecule has 0 atom stereocenters. The Morgan fingerprint density at radius 3 is 2.65 bits per heavy atom. The fourth-order valence-corrected chi connectivity index (χ4v) is 2.17. The molecule has 0 saturated heterocycles. The molecule has 0 aliphatic carbocycles. The lowest BCUT2D eigenvalue weighted by Gasteiger charge is -2.06. The van der Waals surface area contributed by atoms with Gasteiger partial charge in [0.05, 0.1) is 29.9 Å².